The molecule has 1 N–H and O–H groups in total. The molecule has 14 heavy (non-hydrogen) atoms. The van der Waals surface area contributed by atoms with Gasteiger partial charge < -0.3 is 5.11 Å². The quantitative estimate of drug-likeness (QED) is 0.773. The van der Waals surface area contributed by atoms with Gasteiger partial charge in [-0.2, -0.15) is 17.5 Å². The van der Waals surface area contributed by atoms with Crippen LogP contribution in [0.3, 0.4) is 0 Å². The van der Waals surface area contributed by atoms with E-state index in [9.17, 15) is 21.6 Å². The zero-order valence-electron chi connectivity index (χ0n) is 7.74. The Balaban J connectivity index is 5.02. The van der Waals surface area contributed by atoms with E-state index in [1.54, 1.807) is 0 Å². The van der Waals surface area contributed by atoms with Crippen molar-refractivity contribution in [3.8, 4) is 0 Å². The average Bonchev–Trinajstić information content (AvgIpc) is 1.96. The van der Waals surface area contributed by atoms with E-state index in [1.165, 1.54) is 13.8 Å². The third-order valence-electron chi connectivity index (χ3n) is 1.50. The van der Waals surface area contributed by atoms with Gasteiger partial charge in [0.2, 0.25) is 0 Å². The molecular formula is C6H12F3NO3S. The molecule has 0 rings (SSSR count). The van der Waals surface area contributed by atoms with Crippen LogP contribution in [0.2, 0.25) is 0 Å². The summed E-state index contributed by atoms with van der Waals surface area (Å²) in [5.74, 6) is 0. The van der Waals surface area contributed by atoms with Crippen LogP contribution < -0.4 is 0 Å². The predicted molar refractivity (Wildman–Crippen MR) is 43.9 cm³/mol. The molecule has 0 aromatic rings. The number of alkyl halides is 3. The molecule has 0 bridgehead atoms. The van der Waals surface area contributed by atoms with Crippen molar-refractivity contribution < 1.29 is 26.7 Å². The van der Waals surface area contributed by atoms with Crippen LogP contribution >= 0.6 is 0 Å². The van der Waals surface area contributed by atoms with Gasteiger partial charge in [0, 0.05) is 12.6 Å². The van der Waals surface area contributed by atoms with Gasteiger partial charge in [-0.1, -0.05) is 0 Å². The van der Waals surface area contributed by atoms with E-state index in [0.29, 0.717) is 0 Å². The van der Waals surface area contributed by atoms with Crippen LogP contribution in [0.5, 0.6) is 0 Å². The highest BCUT2D eigenvalue weighted by Crippen LogP contribution is 2.27. The van der Waals surface area contributed by atoms with Crippen molar-refractivity contribution >= 4 is 10.0 Å². The molecule has 0 heterocycles. The first kappa shape index (κ1) is 13.7. The second-order valence-electron chi connectivity index (χ2n) is 2.88. The number of hydrogen-bond donors (Lipinski definition) is 1. The molecule has 0 fully saturated rings. The zero-order chi connectivity index (χ0) is 11.6. The van der Waals surface area contributed by atoms with Crippen LogP contribution in [-0.2, 0) is 10.0 Å². The van der Waals surface area contributed by atoms with Gasteiger partial charge in [0.05, 0.1) is 6.61 Å². The van der Waals surface area contributed by atoms with E-state index in [-0.39, 0.29) is 4.31 Å². The highest BCUT2D eigenvalue weighted by molar-refractivity contribution is 7.90. The fraction of sp³-hybridized carbons (Fsp3) is 1.00. The Morgan fingerprint density at radius 1 is 1.36 bits per heavy atom. The van der Waals surface area contributed by atoms with E-state index < -0.39 is 34.7 Å². The van der Waals surface area contributed by atoms with Gasteiger partial charge in [-0.25, -0.2) is 8.42 Å². The lowest BCUT2D eigenvalue weighted by molar-refractivity contribution is -0.0500. The number of rotatable bonds is 4. The molecule has 0 amide bonds. The van der Waals surface area contributed by atoms with Crippen LogP contribution in [-0.4, -0.2) is 42.5 Å². The van der Waals surface area contributed by atoms with Crippen molar-refractivity contribution in [1.82, 2.24) is 4.31 Å². The standard InChI is InChI=1S/C6H12F3NO3S/c1-5(2)10(3-4-11)14(12,13)6(7,8)9/h5,11H,3-4H2,1-2H3. The Morgan fingerprint density at radius 3 is 2.00 bits per heavy atom. The minimum Gasteiger partial charge on any atom is -0.395 e. The maximum atomic E-state index is 12.1. The molecule has 0 aromatic heterocycles. The average molecular weight is 235 g/mol. The summed E-state index contributed by atoms with van der Waals surface area (Å²) in [7, 11) is -5.33. The van der Waals surface area contributed by atoms with Crippen molar-refractivity contribution in [1.29, 1.82) is 0 Å². The Morgan fingerprint density at radius 2 is 1.79 bits per heavy atom. The molecule has 0 radical (unpaired) electrons. The number of hydrogen-bond acceptors (Lipinski definition) is 3. The summed E-state index contributed by atoms with van der Waals surface area (Å²) in [5.41, 5.74) is -5.31. The molecular weight excluding hydrogens is 223 g/mol. The third kappa shape index (κ3) is 2.82. The fourth-order valence-electron chi connectivity index (χ4n) is 0.887. The second-order valence-corrected chi connectivity index (χ2v) is 4.76. The largest absolute Gasteiger partial charge is 0.511 e. The van der Waals surface area contributed by atoms with Gasteiger partial charge >= 0.3 is 15.5 Å². The maximum Gasteiger partial charge on any atom is 0.511 e. The highest BCUT2D eigenvalue weighted by atomic mass is 32.2. The summed E-state index contributed by atoms with van der Waals surface area (Å²) >= 11 is 0. The molecule has 4 nitrogen and oxygen atoms in total. The molecule has 0 saturated heterocycles. The lowest BCUT2D eigenvalue weighted by Gasteiger charge is -2.25. The van der Waals surface area contributed by atoms with Crippen LogP contribution in [0.4, 0.5) is 13.2 Å². The van der Waals surface area contributed by atoms with Gasteiger partial charge in [0.1, 0.15) is 0 Å². The number of halogens is 3. The van der Waals surface area contributed by atoms with Crippen molar-refractivity contribution in [2.45, 2.75) is 25.4 Å². The molecule has 0 aliphatic carbocycles. The van der Waals surface area contributed by atoms with E-state index in [2.05, 4.69) is 0 Å². The van der Waals surface area contributed by atoms with Crippen molar-refractivity contribution in [2.24, 2.45) is 0 Å². The summed E-state index contributed by atoms with van der Waals surface area (Å²) in [6.07, 6.45) is 0. The Bertz CT molecular complexity index is 273. The van der Waals surface area contributed by atoms with Crippen LogP contribution in [0, 0.1) is 0 Å². The summed E-state index contributed by atoms with van der Waals surface area (Å²) in [6.45, 7) is 1.41. The van der Waals surface area contributed by atoms with E-state index in [0.717, 1.165) is 0 Å². The summed E-state index contributed by atoms with van der Waals surface area (Å²) in [6, 6.07) is -0.839. The molecule has 0 aliphatic heterocycles. The Labute approximate surface area is 80.4 Å². The maximum absolute atomic E-state index is 12.1. The third-order valence-corrected chi connectivity index (χ3v) is 3.30. The monoisotopic (exact) mass is 235 g/mol. The van der Waals surface area contributed by atoms with Gasteiger partial charge in [0.25, 0.3) is 0 Å². The van der Waals surface area contributed by atoms with E-state index in [1.807, 2.05) is 0 Å². The first-order chi connectivity index (χ1) is 6.14. The summed E-state index contributed by atoms with van der Waals surface area (Å²) < 4.78 is 58.1. The number of nitrogens with zero attached hydrogens (tertiary/aromatic N) is 1. The summed E-state index contributed by atoms with van der Waals surface area (Å²) in [4.78, 5) is 0. The van der Waals surface area contributed by atoms with Crippen molar-refractivity contribution in [2.75, 3.05) is 13.2 Å². The lowest BCUT2D eigenvalue weighted by Crippen LogP contribution is -2.45. The molecule has 0 atom stereocenters. The van der Waals surface area contributed by atoms with E-state index in [4.69, 9.17) is 5.11 Å². The SMILES string of the molecule is CC(C)N(CCO)S(=O)(=O)C(F)(F)F. The van der Waals surface area contributed by atoms with Crippen LogP contribution in [0.1, 0.15) is 13.8 Å². The molecule has 8 heteroatoms. The van der Waals surface area contributed by atoms with Gasteiger partial charge in [-0.15, -0.1) is 0 Å². The fourth-order valence-corrected chi connectivity index (χ4v) is 2.03. The Kier molecular flexibility index (Phi) is 4.34. The van der Waals surface area contributed by atoms with Gasteiger partial charge in [0.15, 0.2) is 0 Å². The van der Waals surface area contributed by atoms with Crippen molar-refractivity contribution in [3.63, 3.8) is 0 Å². The van der Waals surface area contributed by atoms with Crippen molar-refractivity contribution in [3.05, 3.63) is 0 Å². The van der Waals surface area contributed by atoms with Crippen LogP contribution in [0.15, 0.2) is 0 Å². The first-order valence-corrected chi connectivity index (χ1v) is 5.27. The predicted octanol–water partition coefficient (Wildman–Crippen LogP) is 0.539. The number of aliphatic hydroxyl groups excluding tert-OH is 1. The zero-order valence-corrected chi connectivity index (χ0v) is 8.56. The van der Waals surface area contributed by atoms with Gasteiger partial charge in [-0.05, 0) is 13.8 Å². The molecule has 0 aromatic carbocycles. The molecule has 0 saturated carbocycles. The number of sulfonamides is 1. The minimum atomic E-state index is -5.33. The smallest absolute Gasteiger partial charge is 0.395 e. The lowest BCUT2D eigenvalue weighted by atomic mass is 10.4. The molecule has 86 valence electrons. The molecule has 0 aliphatic rings. The normalized spacial score (nSPS) is 14.0. The van der Waals surface area contributed by atoms with E-state index >= 15 is 0 Å². The Hall–Kier alpha value is -0.340. The first-order valence-electron chi connectivity index (χ1n) is 3.83. The minimum absolute atomic E-state index is 0.215. The molecule has 0 spiro atoms. The highest BCUT2D eigenvalue weighted by Gasteiger charge is 2.50. The van der Waals surface area contributed by atoms with Crippen LogP contribution in [0.25, 0.3) is 0 Å². The number of aliphatic hydroxyl groups is 1. The topological polar surface area (TPSA) is 57.6 Å². The second kappa shape index (κ2) is 4.45. The summed E-state index contributed by atoms with van der Waals surface area (Å²) in [5, 5.41) is 8.44. The molecule has 0 unspecified atom stereocenters. The van der Waals surface area contributed by atoms with Gasteiger partial charge in [-0.3, -0.25) is 0 Å².